The second-order valence-corrected chi connectivity index (χ2v) is 9.67. The van der Waals surface area contributed by atoms with Crippen LogP contribution in [0.5, 0.6) is 11.5 Å². The molecular formula is C23H29NO5S. The fraction of sp³-hybridized carbons (Fsp3) is 0.435. The number of carbonyl (C=O) groups excluding carboxylic acids is 1. The second kappa shape index (κ2) is 9.98. The van der Waals surface area contributed by atoms with E-state index in [2.05, 4.69) is 0 Å². The third-order valence-corrected chi connectivity index (χ3v) is 6.82. The minimum absolute atomic E-state index is 0.00740. The molecular weight excluding hydrogens is 402 g/mol. The number of carbonyl (C=O) groups is 1. The molecule has 0 N–H and O–H groups in total. The average molecular weight is 432 g/mol. The van der Waals surface area contributed by atoms with Gasteiger partial charge in [-0.05, 0) is 61.7 Å². The van der Waals surface area contributed by atoms with Crippen LogP contribution in [0.4, 0.5) is 0 Å². The Morgan fingerprint density at radius 1 is 1.00 bits per heavy atom. The Morgan fingerprint density at radius 2 is 1.63 bits per heavy atom. The van der Waals surface area contributed by atoms with Gasteiger partial charge >= 0.3 is 0 Å². The van der Waals surface area contributed by atoms with E-state index in [0.717, 1.165) is 23.5 Å². The van der Waals surface area contributed by atoms with Gasteiger partial charge in [0.05, 0.1) is 24.7 Å². The van der Waals surface area contributed by atoms with Gasteiger partial charge in [-0.15, -0.1) is 0 Å². The number of sulfone groups is 1. The van der Waals surface area contributed by atoms with E-state index in [-0.39, 0.29) is 23.5 Å². The van der Waals surface area contributed by atoms with E-state index in [0.29, 0.717) is 31.7 Å². The molecule has 0 aliphatic carbocycles. The summed E-state index contributed by atoms with van der Waals surface area (Å²) in [5, 5.41) is 0. The van der Waals surface area contributed by atoms with E-state index in [9.17, 15) is 13.2 Å². The Kier molecular flexibility index (Phi) is 7.37. The molecule has 0 radical (unpaired) electrons. The summed E-state index contributed by atoms with van der Waals surface area (Å²) < 4.78 is 35.2. The van der Waals surface area contributed by atoms with Crippen LogP contribution in [-0.4, -0.2) is 50.0 Å². The molecule has 1 saturated heterocycles. The van der Waals surface area contributed by atoms with Crippen molar-refractivity contribution in [2.45, 2.75) is 39.3 Å². The SMILES string of the molecule is CCCOc1ccc(C(=O)N(Cc2ccc(OCC)cc2)C2CCS(=O)(=O)C2)cc1. The lowest BCUT2D eigenvalue weighted by Crippen LogP contribution is -2.40. The zero-order valence-corrected chi connectivity index (χ0v) is 18.4. The minimum atomic E-state index is -3.11. The van der Waals surface area contributed by atoms with Crippen molar-refractivity contribution in [3.05, 3.63) is 59.7 Å². The van der Waals surface area contributed by atoms with Crippen LogP contribution in [0.3, 0.4) is 0 Å². The number of benzene rings is 2. The van der Waals surface area contributed by atoms with E-state index in [4.69, 9.17) is 9.47 Å². The van der Waals surface area contributed by atoms with E-state index < -0.39 is 9.84 Å². The molecule has 0 aromatic heterocycles. The van der Waals surface area contributed by atoms with E-state index in [1.54, 1.807) is 29.2 Å². The number of rotatable bonds is 9. The first kappa shape index (κ1) is 22.2. The molecule has 3 rings (SSSR count). The standard InChI is InChI=1S/C23H29NO5S/c1-3-14-29-22-11-7-19(8-12-22)23(25)24(20-13-15-30(26,27)17-20)16-18-5-9-21(10-6-18)28-4-2/h5-12,20H,3-4,13-17H2,1-2H3. The molecule has 1 amide bonds. The van der Waals surface area contributed by atoms with Crippen molar-refractivity contribution in [3.8, 4) is 11.5 Å². The van der Waals surface area contributed by atoms with Crippen LogP contribution in [0.1, 0.15) is 42.6 Å². The van der Waals surface area contributed by atoms with Gasteiger partial charge in [-0.25, -0.2) is 8.42 Å². The third kappa shape index (κ3) is 5.75. The van der Waals surface area contributed by atoms with Crippen molar-refractivity contribution in [1.82, 2.24) is 4.90 Å². The predicted octanol–water partition coefficient (Wildman–Crippen LogP) is 3.70. The lowest BCUT2D eigenvalue weighted by atomic mass is 10.1. The molecule has 0 spiro atoms. The zero-order valence-electron chi connectivity index (χ0n) is 17.5. The summed E-state index contributed by atoms with van der Waals surface area (Å²) in [7, 11) is -3.11. The fourth-order valence-electron chi connectivity index (χ4n) is 3.52. The molecule has 1 atom stereocenters. The van der Waals surface area contributed by atoms with E-state index in [1.165, 1.54) is 0 Å². The van der Waals surface area contributed by atoms with Crippen molar-refractivity contribution in [2.24, 2.45) is 0 Å². The minimum Gasteiger partial charge on any atom is -0.494 e. The Hall–Kier alpha value is -2.54. The van der Waals surface area contributed by atoms with Crippen LogP contribution in [0.15, 0.2) is 48.5 Å². The monoisotopic (exact) mass is 431 g/mol. The summed E-state index contributed by atoms with van der Waals surface area (Å²) in [6.45, 7) is 5.51. The Labute approximate surface area is 178 Å². The molecule has 1 heterocycles. The first-order valence-corrected chi connectivity index (χ1v) is 12.2. The largest absolute Gasteiger partial charge is 0.494 e. The summed E-state index contributed by atoms with van der Waals surface area (Å²) >= 11 is 0. The van der Waals surface area contributed by atoms with Gasteiger partial charge in [0.25, 0.3) is 5.91 Å². The highest BCUT2D eigenvalue weighted by molar-refractivity contribution is 7.91. The molecule has 0 bridgehead atoms. The van der Waals surface area contributed by atoms with Crippen LogP contribution in [0, 0.1) is 0 Å². The van der Waals surface area contributed by atoms with Crippen molar-refractivity contribution >= 4 is 15.7 Å². The summed E-state index contributed by atoms with van der Waals surface area (Å²) in [6, 6.07) is 14.3. The zero-order chi connectivity index (χ0) is 21.6. The number of hydrogen-bond donors (Lipinski definition) is 0. The highest BCUT2D eigenvalue weighted by Gasteiger charge is 2.35. The van der Waals surface area contributed by atoms with Gasteiger partial charge in [-0.3, -0.25) is 4.79 Å². The van der Waals surface area contributed by atoms with Crippen molar-refractivity contribution < 1.29 is 22.7 Å². The molecule has 0 saturated carbocycles. The average Bonchev–Trinajstić information content (AvgIpc) is 3.11. The number of ether oxygens (including phenoxy) is 2. The van der Waals surface area contributed by atoms with Gasteiger partial charge in [0.1, 0.15) is 11.5 Å². The number of amides is 1. The lowest BCUT2D eigenvalue weighted by molar-refractivity contribution is 0.0681. The number of hydrogen-bond acceptors (Lipinski definition) is 5. The fourth-order valence-corrected chi connectivity index (χ4v) is 5.25. The van der Waals surface area contributed by atoms with Crippen LogP contribution < -0.4 is 9.47 Å². The topological polar surface area (TPSA) is 72.9 Å². The number of nitrogens with zero attached hydrogens (tertiary/aromatic N) is 1. The van der Waals surface area contributed by atoms with Crippen molar-refractivity contribution in [2.75, 3.05) is 24.7 Å². The van der Waals surface area contributed by atoms with Crippen molar-refractivity contribution in [3.63, 3.8) is 0 Å². The smallest absolute Gasteiger partial charge is 0.254 e. The van der Waals surface area contributed by atoms with Crippen LogP contribution in [0.2, 0.25) is 0 Å². The summed E-state index contributed by atoms with van der Waals surface area (Å²) in [4.78, 5) is 15.0. The highest BCUT2D eigenvalue weighted by Crippen LogP contribution is 2.24. The quantitative estimate of drug-likeness (QED) is 0.605. The molecule has 30 heavy (non-hydrogen) atoms. The van der Waals surface area contributed by atoms with Crippen molar-refractivity contribution in [1.29, 1.82) is 0 Å². The predicted molar refractivity (Wildman–Crippen MR) is 117 cm³/mol. The molecule has 6 nitrogen and oxygen atoms in total. The molecule has 1 aliphatic rings. The maximum atomic E-state index is 13.3. The molecule has 2 aromatic rings. The molecule has 1 unspecified atom stereocenters. The van der Waals surface area contributed by atoms with Gasteiger partial charge in [-0.2, -0.15) is 0 Å². The van der Waals surface area contributed by atoms with E-state index >= 15 is 0 Å². The molecule has 1 fully saturated rings. The molecule has 7 heteroatoms. The first-order chi connectivity index (χ1) is 14.4. The molecule has 162 valence electrons. The summed E-state index contributed by atoms with van der Waals surface area (Å²) in [5.41, 5.74) is 1.45. The molecule has 2 aromatic carbocycles. The third-order valence-electron chi connectivity index (χ3n) is 5.07. The van der Waals surface area contributed by atoms with Crippen LogP contribution >= 0.6 is 0 Å². The van der Waals surface area contributed by atoms with Gasteiger partial charge < -0.3 is 14.4 Å². The second-order valence-electron chi connectivity index (χ2n) is 7.44. The van der Waals surface area contributed by atoms with Crippen LogP contribution in [0.25, 0.3) is 0 Å². The maximum absolute atomic E-state index is 13.3. The summed E-state index contributed by atoms with van der Waals surface area (Å²) in [6.07, 6.45) is 1.37. The van der Waals surface area contributed by atoms with Gasteiger partial charge in [-0.1, -0.05) is 19.1 Å². The van der Waals surface area contributed by atoms with Gasteiger partial charge in [0.15, 0.2) is 9.84 Å². The maximum Gasteiger partial charge on any atom is 0.254 e. The van der Waals surface area contributed by atoms with Gasteiger partial charge in [0.2, 0.25) is 0 Å². The van der Waals surface area contributed by atoms with E-state index in [1.807, 2.05) is 38.1 Å². The summed E-state index contributed by atoms with van der Waals surface area (Å²) in [5.74, 6) is 1.44. The van der Waals surface area contributed by atoms with Gasteiger partial charge in [0, 0.05) is 18.2 Å². The highest BCUT2D eigenvalue weighted by atomic mass is 32.2. The Morgan fingerprint density at radius 3 is 2.20 bits per heavy atom. The lowest BCUT2D eigenvalue weighted by Gasteiger charge is -2.28. The Balaban J connectivity index is 1.80. The normalized spacial score (nSPS) is 17.5. The van der Waals surface area contributed by atoms with Crippen LogP contribution in [-0.2, 0) is 16.4 Å². The Bertz CT molecular complexity index is 939. The first-order valence-electron chi connectivity index (χ1n) is 10.4. The molecule has 1 aliphatic heterocycles.